The summed E-state index contributed by atoms with van der Waals surface area (Å²) in [6.07, 6.45) is -0.144. The van der Waals surface area contributed by atoms with Gasteiger partial charge in [-0.25, -0.2) is 4.98 Å². The molecular weight excluding hydrogens is 178 g/mol. The van der Waals surface area contributed by atoms with Crippen molar-refractivity contribution in [2.75, 3.05) is 5.32 Å². The third kappa shape index (κ3) is 2.87. The molecule has 1 aromatic rings. The van der Waals surface area contributed by atoms with Gasteiger partial charge in [0.05, 0.1) is 6.07 Å². The Morgan fingerprint density at radius 1 is 1.57 bits per heavy atom. The second-order valence-corrected chi connectivity index (χ2v) is 3.05. The Kier molecular flexibility index (Phi) is 3.19. The van der Waals surface area contributed by atoms with Gasteiger partial charge in [0.15, 0.2) is 0 Å². The number of nitrogens with one attached hydrogen (secondary N) is 1. The van der Waals surface area contributed by atoms with Crippen molar-refractivity contribution in [2.45, 2.75) is 20.3 Å². The molecular formula is C10H11N3O. The maximum absolute atomic E-state index is 11.1. The molecule has 1 aromatic heterocycles. The van der Waals surface area contributed by atoms with Gasteiger partial charge in [-0.1, -0.05) is 0 Å². The zero-order chi connectivity index (χ0) is 10.6. The van der Waals surface area contributed by atoms with E-state index >= 15 is 0 Å². The number of carbonyl (C=O) groups excluding carboxylic acids is 1. The Morgan fingerprint density at radius 2 is 2.29 bits per heavy atom. The smallest absolute Gasteiger partial charge is 0.239 e. The number of nitriles is 1. The maximum atomic E-state index is 11.1. The van der Waals surface area contributed by atoms with Crippen LogP contribution in [0, 0.1) is 25.2 Å². The molecule has 4 heteroatoms. The van der Waals surface area contributed by atoms with E-state index in [1.165, 1.54) is 0 Å². The Labute approximate surface area is 82.6 Å². The van der Waals surface area contributed by atoms with Gasteiger partial charge in [0.25, 0.3) is 0 Å². The van der Waals surface area contributed by atoms with Crippen molar-refractivity contribution in [3.8, 4) is 6.07 Å². The molecule has 0 aliphatic rings. The van der Waals surface area contributed by atoms with E-state index in [0.29, 0.717) is 5.82 Å². The molecule has 0 spiro atoms. The molecule has 0 radical (unpaired) electrons. The molecule has 0 aliphatic heterocycles. The molecule has 1 heterocycles. The summed E-state index contributed by atoms with van der Waals surface area (Å²) in [7, 11) is 0. The van der Waals surface area contributed by atoms with Crippen LogP contribution in [-0.4, -0.2) is 10.9 Å². The molecule has 1 amide bonds. The molecule has 4 nitrogen and oxygen atoms in total. The van der Waals surface area contributed by atoms with Crippen LogP contribution >= 0.6 is 0 Å². The van der Waals surface area contributed by atoms with Crippen LogP contribution < -0.4 is 5.32 Å². The summed E-state index contributed by atoms with van der Waals surface area (Å²) in [4.78, 5) is 15.2. The lowest BCUT2D eigenvalue weighted by atomic mass is 10.2. The summed E-state index contributed by atoms with van der Waals surface area (Å²) >= 11 is 0. The number of pyridine rings is 1. The average Bonchev–Trinajstić information content (AvgIpc) is 2.01. The molecule has 72 valence electrons. The van der Waals surface area contributed by atoms with Crippen molar-refractivity contribution in [3.63, 3.8) is 0 Å². The SMILES string of the molecule is Cc1cc(C)nc(NC(=O)CC#N)c1. The summed E-state index contributed by atoms with van der Waals surface area (Å²) < 4.78 is 0. The second-order valence-electron chi connectivity index (χ2n) is 3.05. The number of rotatable bonds is 2. The van der Waals surface area contributed by atoms with Crippen LogP contribution in [0.25, 0.3) is 0 Å². The first kappa shape index (κ1) is 10.2. The van der Waals surface area contributed by atoms with Crippen LogP contribution in [0.4, 0.5) is 5.82 Å². The minimum absolute atomic E-state index is 0.144. The number of aromatic nitrogens is 1. The fourth-order valence-corrected chi connectivity index (χ4v) is 1.16. The quantitative estimate of drug-likeness (QED) is 0.767. The van der Waals surface area contributed by atoms with Gasteiger partial charge in [-0.15, -0.1) is 0 Å². The number of amides is 1. The van der Waals surface area contributed by atoms with E-state index in [9.17, 15) is 4.79 Å². The van der Waals surface area contributed by atoms with Crippen LogP contribution in [0.1, 0.15) is 17.7 Å². The van der Waals surface area contributed by atoms with E-state index in [2.05, 4.69) is 10.3 Å². The van der Waals surface area contributed by atoms with Gasteiger partial charge in [-0.3, -0.25) is 4.79 Å². The third-order valence-corrected chi connectivity index (χ3v) is 1.60. The van der Waals surface area contributed by atoms with Crippen LogP contribution in [0.2, 0.25) is 0 Å². The minimum atomic E-state index is -0.329. The third-order valence-electron chi connectivity index (χ3n) is 1.60. The van der Waals surface area contributed by atoms with Crippen molar-refractivity contribution < 1.29 is 4.79 Å². The Hall–Kier alpha value is -1.89. The van der Waals surface area contributed by atoms with E-state index < -0.39 is 0 Å². The summed E-state index contributed by atoms with van der Waals surface area (Å²) in [5, 5.41) is 10.8. The molecule has 0 fully saturated rings. The lowest BCUT2D eigenvalue weighted by Crippen LogP contribution is -2.11. The Bertz CT molecular complexity index is 373. The first-order valence-corrected chi connectivity index (χ1v) is 4.24. The van der Waals surface area contributed by atoms with Gasteiger partial charge in [-0.2, -0.15) is 5.26 Å². The van der Waals surface area contributed by atoms with Gasteiger partial charge in [0.1, 0.15) is 12.2 Å². The van der Waals surface area contributed by atoms with Crippen LogP contribution in [0.15, 0.2) is 12.1 Å². The summed E-state index contributed by atoms with van der Waals surface area (Å²) in [5.41, 5.74) is 1.88. The van der Waals surface area contributed by atoms with Crippen molar-refractivity contribution in [3.05, 3.63) is 23.4 Å². The fourth-order valence-electron chi connectivity index (χ4n) is 1.16. The van der Waals surface area contributed by atoms with Crippen LogP contribution in [-0.2, 0) is 4.79 Å². The van der Waals surface area contributed by atoms with E-state index in [1.54, 1.807) is 12.1 Å². The Balaban J connectivity index is 2.77. The summed E-state index contributed by atoms with van der Waals surface area (Å²) in [6, 6.07) is 5.46. The van der Waals surface area contributed by atoms with Crippen molar-refractivity contribution in [1.82, 2.24) is 4.98 Å². The van der Waals surface area contributed by atoms with E-state index in [4.69, 9.17) is 5.26 Å². The molecule has 0 aromatic carbocycles. The predicted octanol–water partition coefficient (Wildman–Crippen LogP) is 1.55. The normalized spacial score (nSPS) is 9.21. The van der Waals surface area contributed by atoms with Crippen LogP contribution in [0.3, 0.4) is 0 Å². The highest BCUT2D eigenvalue weighted by molar-refractivity contribution is 5.91. The summed E-state index contributed by atoms with van der Waals surface area (Å²) in [5.74, 6) is 0.174. The number of aryl methyl sites for hydroxylation is 2. The predicted molar refractivity (Wildman–Crippen MR) is 52.6 cm³/mol. The zero-order valence-corrected chi connectivity index (χ0v) is 8.16. The topological polar surface area (TPSA) is 65.8 Å². The number of nitrogens with zero attached hydrogens (tertiary/aromatic N) is 2. The number of carbonyl (C=O) groups is 1. The van der Waals surface area contributed by atoms with Gasteiger partial charge < -0.3 is 5.32 Å². The van der Waals surface area contributed by atoms with E-state index in [0.717, 1.165) is 11.3 Å². The monoisotopic (exact) mass is 189 g/mol. The number of anilines is 1. The van der Waals surface area contributed by atoms with Gasteiger partial charge >= 0.3 is 0 Å². The zero-order valence-electron chi connectivity index (χ0n) is 8.16. The van der Waals surface area contributed by atoms with Crippen molar-refractivity contribution >= 4 is 11.7 Å². The highest BCUT2D eigenvalue weighted by Gasteiger charge is 2.02. The highest BCUT2D eigenvalue weighted by atomic mass is 16.1. The first-order chi connectivity index (χ1) is 6.61. The molecule has 0 atom stereocenters. The molecule has 0 saturated heterocycles. The molecule has 14 heavy (non-hydrogen) atoms. The fraction of sp³-hybridized carbons (Fsp3) is 0.300. The molecule has 0 unspecified atom stereocenters. The molecule has 1 rings (SSSR count). The number of hydrogen-bond donors (Lipinski definition) is 1. The molecule has 0 aliphatic carbocycles. The highest BCUT2D eigenvalue weighted by Crippen LogP contribution is 2.08. The molecule has 0 saturated carbocycles. The molecule has 1 N–H and O–H groups in total. The lowest BCUT2D eigenvalue weighted by molar-refractivity contribution is -0.115. The Morgan fingerprint density at radius 3 is 2.86 bits per heavy atom. The van der Waals surface area contributed by atoms with Crippen molar-refractivity contribution in [1.29, 1.82) is 5.26 Å². The van der Waals surface area contributed by atoms with Crippen LogP contribution in [0.5, 0.6) is 0 Å². The standard InChI is InChI=1S/C10H11N3O/c1-7-5-8(2)12-9(6-7)13-10(14)3-4-11/h5-6H,3H2,1-2H3,(H,12,13,14). The molecule has 0 bridgehead atoms. The first-order valence-electron chi connectivity index (χ1n) is 4.24. The van der Waals surface area contributed by atoms with Gasteiger partial charge in [0, 0.05) is 5.69 Å². The minimum Gasteiger partial charge on any atom is -0.310 e. The largest absolute Gasteiger partial charge is 0.310 e. The maximum Gasteiger partial charge on any atom is 0.239 e. The van der Waals surface area contributed by atoms with E-state index in [-0.39, 0.29) is 12.3 Å². The summed E-state index contributed by atoms with van der Waals surface area (Å²) in [6.45, 7) is 3.78. The van der Waals surface area contributed by atoms with Gasteiger partial charge in [-0.05, 0) is 31.5 Å². The lowest BCUT2D eigenvalue weighted by Gasteiger charge is -2.04. The average molecular weight is 189 g/mol. The second kappa shape index (κ2) is 4.38. The number of hydrogen-bond acceptors (Lipinski definition) is 3. The van der Waals surface area contributed by atoms with E-state index in [1.807, 2.05) is 19.9 Å². The van der Waals surface area contributed by atoms with Gasteiger partial charge in [0.2, 0.25) is 5.91 Å². The van der Waals surface area contributed by atoms with Crippen molar-refractivity contribution in [2.24, 2.45) is 0 Å².